The molecular weight excluding hydrogens is 408 g/mol. The number of thiophene rings is 1. The van der Waals surface area contributed by atoms with Crippen molar-refractivity contribution in [1.29, 1.82) is 0 Å². The molecule has 0 fully saturated rings. The molecule has 6 nitrogen and oxygen atoms in total. The van der Waals surface area contributed by atoms with Crippen molar-refractivity contribution in [2.45, 2.75) is 31.8 Å². The van der Waals surface area contributed by atoms with Crippen molar-refractivity contribution in [2.24, 2.45) is 0 Å². The zero-order valence-corrected chi connectivity index (χ0v) is 18.5. The minimum absolute atomic E-state index is 0.153. The average Bonchev–Trinajstić information content (AvgIpc) is 3.36. The lowest BCUT2D eigenvalue weighted by Crippen LogP contribution is -2.30. The van der Waals surface area contributed by atoms with E-state index in [0.29, 0.717) is 30.0 Å². The lowest BCUT2D eigenvalue weighted by molar-refractivity contribution is 0.0719. The predicted molar refractivity (Wildman–Crippen MR) is 113 cm³/mol. The predicted octanol–water partition coefficient (Wildman–Crippen LogP) is 4.05. The number of sulfonamides is 1. The van der Waals surface area contributed by atoms with Crippen LogP contribution in [0.3, 0.4) is 0 Å². The Morgan fingerprint density at radius 2 is 1.86 bits per heavy atom. The lowest BCUT2D eigenvalue weighted by Gasteiger charge is -2.23. The fraction of sp³-hybridized carbons (Fsp3) is 0.286. The van der Waals surface area contributed by atoms with Gasteiger partial charge < -0.3 is 9.32 Å². The molecule has 2 heterocycles. The van der Waals surface area contributed by atoms with Crippen LogP contribution < -0.4 is 0 Å². The van der Waals surface area contributed by atoms with E-state index in [4.69, 9.17) is 4.42 Å². The van der Waals surface area contributed by atoms with Crippen LogP contribution in [0.2, 0.25) is 0 Å². The van der Waals surface area contributed by atoms with Crippen molar-refractivity contribution in [3.8, 4) is 0 Å². The van der Waals surface area contributed by atoms with E-state index in [-0.39, 0.29) is 10.8 Å². The molecule has 29 heavy (non-hydrogen) atoms. The SMILES string of the molecule is Cc1cc(C(=O)N(Cc2ccco2)Cc2cccs2)cc(S(=O)(=O)N(C)C)c1C. The lowest BCUT2D eigenvalue weighted by atomic mass is 10.1. The minimum atomic E-state index is -3.67. The minimum Gasteiger partial charge on any atom is -0.467 e. The van der Waals surface area contributed by atoms with Crippen molar-refractivity contribution in [2.75, 3.05) is 14.1 Å². The van der Waals surface area contributed by atoms with Gasteiger partial charge in [0.1, 0.15) is 5.76 Å². The maximum absolute atomic E-state index is 13.4. The van der Waals surface area contributed by atoms with E-state index in [1.807, 2.05) is 30.5 Å². The first kappa shape index (κ1) is 21.3. The van der Waals surface area contributed by atoms with E-state index < -0.39 is 10.0 Å². The maximum Gasteiger partial charge on any atom is 0.254 e. The molecule has 0 atom stereocenters. The molecule has 1 amide bonds. The summed E-state index contributed by atoms with van der Waals surface area (Å²) in [6, 6.07) is 10.7. The summed E-state index contributed by atoms with van der Waals surface area (Å²) < 4.78 is 32.1. The van der Waals surface area contributed by atoms with Crippen molar-refractivity contribution < 1.29 is 17.6 Å². The van der Waals surface area contributed by atoms with Crippen LogP contribution in [-0.4, -0.2) is 37.6 Å². The standard InChI is InChI=1S/C21H24N2O4S2/c1-15-11-17(12-20(16(15)2)29(25,26)22(3)4)21(24)23(13-18-7-5-9-27-18)14-19-8-6-10-28-19/h5-12H,13-14H2,1-4H3. The fourth-order valence-corrected chi connectivity index (χ4v) is 4.92. The molecule has 0 unspecified atom stereocenters. The Morgan fingerprint density at radius 1 is 1.10 bits per heavy atom. The highest BCUT2D eigenvalue weighted by Gasteiger charge is 2.25. The van der Waals surface area contributed by atoms with Gasteiger partial charge in [-0.25, -0.2) is 12.7 Å². The Bertz CT molecular complexity index is 1050. The molecule has 0 saturated carbocycles. The number of hydrogen-bond donors (Lipinski definition) is 0. The number of hydrogen-bond acceptors (Lipinski definition) is 5. The smallest absolute Gasteiger partial charge is 0.254 e. The van der Waals surface area contributed by atoms with E-state index >= 15 is 0 Å². The molecule has 0 spiro atoms. The Balaban J connectivity index is 2.01. The van der Waals surface area contributed by atoms with Crippen molar-refractivity contribution in [3.05, 3.63) is 75.4 Å². The third-order valence-corrected chi connectivity index (χ3v) is 7.57. The second-order valence-electron chi connectivity index (χ2n) is 7.02. The second kappa shape index (κ2) is 8.52. The number of aryl methyl sites for hydroxylation is 1. The van der Waals surface area contributed by atoms with Crippen LogP contribution in [0.5, 0.6) is 0 Å². The first-order chi connectivity index (χ1) is 13.7. The molecule has 0 bridgehead atoms. The number of benzene rings is 1. The van der Waals surface area contributed by atoms with Gasteiger partial charge in [-0.1, -0.05) is 6.07 Å². The molecule has 2 aromatic heterocycles. The molecule has 0 aliphatic carbocycles. The summed E-state index contributed by atoms with van der Waals surface area (Å²) in [5.41, 5.74) is 1.74. The van der Waals surface area contributed by atoms with Gasteiger partial charge in [0.25, 0.3) is 5.91 Å². The Labute approximate surface area is 175 Å². The molecule has 0 saturated heterocycles. The van der Waals surface area contributed by atoms with Crippen molar-refractivity contribution >= 4 is 27.3 Å². The van der Waals surface area contributed by atoms with Crippen LogP contribution >= 0.6 is 11.3 Å². The Hall–Kier alpha value is -2.42. The van der Waals surface area contributed by atoms with E-state index in [2.05, 4.69) is 0 Å². The topological polar surface area (TPSA) is 70.8 Å². The van der Waals surface area contributed by atoms with Gasteiger partial charge in [-0.15, -0.1) is 11.3 Å². The van der Waals surface area contributed by atoms with E-state index in [9.17, 15) is 13.2 Å². The summed E-state index contributed by atoms with van der Waals surface area (Å²) >= 11 is 1.57. The van der Waals surface area contributed by atoms with E-state index in [1.165, 1.54) is 20.2 Å². The summed E-state index contributed by atoms with van der Waals surface area (Å²) in [5, 5.41) is 1.96. The first-order valence-corrected chi connectivity index (χ1v) is 11.4. The molecule has 1 aromatic carbocycles. The van der Waals surface area contributed by atoms with E-state index in [1.54, 1.807) is 41.6 Å². The summed E-state index contributed by atoms with van der Waals surface area (Å²) in [6.07, 6.45) is 1.57. The van der Waals surface area contributed by atoms with Gasteiger partial charge in [0.05, 0.1) is 24.2 Å². The number of carbonyl (C=O) groups excluding carboxylic acids is 1. The van der Waals surface area contributed by atoms with Crippen LogP contribution in [0.4, 0.5) is 0 Å². The largest absolute Gasteiger partial charge is 0.467 e. The molecule has 8 heteroatoms. The second-order valence-corrected chi connectivity index (χ2v) is 10.2. The van der Waals surface area contributed by atoms with Crippen LogP contribution in [0, 0.1) is 13.8 Å². The summed E-state index contributed by atoms with van der Waals surface area (Å²) in [7, 11) is -0.696. The molecule has 154 valence electrons. The van der Waals surface area contributed by atoms with Crippen molar-refractivity contribution in [3.63, 3.8) is 0 Å². The van der Waals surface area contributed by atoms with Crippen LogP contribution in [0.15, 0.2) is 57.4 Å². The number of nitrogens with zero attached hydrogens (tertiary/aromatic N) is 2. The number of carbonyl (C=O) groups is 1. The van der Waals surface area contributed by atoms with Crippen LogP contribution in [0.1, 0.15) is 32.1 Å². The zero-order chi connectivity index (χ0) is 21.2. The van der Waals surface area contributed by atoms with Gasteiger partial charge in [-0.3, -0.25) is 4.79 Å². The maximum atomic E-state index is 13.4. The third kappa shape index (κ3) is 4.60. The highest BCUT2D eigenvalue weighted by Crippen LogP contribution is 2.25. The summed E-state index contributed by atoms with van der Waals surface area (Å²) in [4.78, 5) is 16.2. The molecule has 0 aliphatic heterocycles. The fourth-order valence-electron chi connectivity index (χ4n) is 2.98. The van der Waals surface area contributed by atoms with Crippen LogP contribution in [-0.2, 0) is 23.1 Å². The number of furan rings is 1. The quantitative estimate of drug-likeness (QED) is 0.565. The Morgan fingerprint density at radius 3 is 2.45 bits per heavy atom. The van der Waals surface area contributed by atoms with Gasteiger partial charge in [-0.05, 0) is 60.7 Å². The molecule has 0 radical (unpaired) electrons. The van der Waals surface area contributed by atoms with Gasteiger partial charge in [0, 0.05) is 24.5 Å². The summed E-state index contributed by atoms with van der Waals surface area (Å²) in [5.74, 6) is 0.424. The molecule has 3 rings (SSSR count). The molecular formula is C21H24N2O4S2. The molecule has 0 aliphatic rings. The van der Waals surface area contributed by atoms with Crippen LogP contribution in [0.25, 0.3) is 0 Å². The Kier molecular flexibility index (Phi) is 6.26. The van der Waals surface area contributed by atoms with Gasteiger partial charge >= 0.3 is 0 Å². The van der Waals surface area contributed by atoms with E-state index in [0.717, 1.165) is 14.7 Å². The summed E-state index contributed by atoms with van der Waals surface area (Å²) in [6.45, 7) is 4.29. The monoisotopic (exact) mass is 432 g/mol. The number of rotatable bonds is 7. The molecule has 0 N–H and O–H groups in total. The van der Waals surface area contributed by atoms with Crippen molar-refractivity contribution in [1.82, 2.24) is 9.21 Å². The van der Waals surface area contributed by atoms with Gasteiger partial charge in [0.15, 0.2) is 0 Å². The average molecular weight is 433 g/mol. The number of amides is 1. The van der Waals surface area contributed by atoms with Gasteiger partial charge in [-0.2, -0.15) is 0 Å². The van der Waals surface area contributed by atoms with Gasteiger partial charge in [0.2, 0.25) is 10.0 Å². The third-order valence-electron chi connectivity index (χ3n) is 4.77. The first-order valence-electron chi connectivity index (χ1n) is 9.08. The highest BCUT2D eigenvalue weighted by atomic mass is 32.2. The zero-order valence-electron chi connectivity index (χ0n) is 16.9. The highest BCUT2D eigenvalue weighted by molar-refractivity contribution is 7.89. The normalized spacial score (nSPS) is 11.8. The molecule has 3 aromatic rings.